The van der Waals surface area contributed by atoms with Crippen LogP contribution in [0.5, 0.6) is 0 Å². The first-order valence-electron chi connectivity index (χ1n) is 11.4. The highest BCUT2D eigenvalue weighted by atomic mass is 16.5. The predicted molar refractivity (Wildman–Crippen MR) is 135 cm³/mol. The summed E-state index contributed by atoms with van der Waals surface area (Å²) in [6, 6.07) is 29.5. The Morgan fingerprint density at radius 1 is 0.636 bits per heavy atom. The molecule has 6 rings (SSSR count). The zero-order valence-corrected chi connectivity index (χ0v) is 19.0. The summed E-state index contributed by atoms with van der Waals surface area (Å²) in [5.74, 6) is -0.249. The van der Waals surface area contributed by atoms with Crippen LogP contribution in [-0.2, 0) is 4.74 Å². The lowest BCUT2D eigenvalue weighted by Gasteiger charge is -2.21. The van der Waals surface area contributed by atoms with Gasteiger partial charge in [0.05, 0.1) is 5.56 Å². The van der Waals surface area contributed by atoms with E-state index < -0.39 is 6.10 Å². The highest BCUT2D eigenvalue weighted by Gasteiger charge is 2.37. The average molecular weight is 429 g/mol. The number of hydrogen-bond donors (Lipinski definition) is 0. The summed E-state index contributed by atoms with van der Waals surface area (Å²) in [4.78, 5) is 13.2. The normalized spacial score (nSPS) is 15.1. The molecule has 1 aliphatic heterocycles. The number of carbonyl (C=O) groups is 1. The molecule has 0 aliphatic carbocycles. The Hall–Kier alpha value is -3.91. The quantitative estimate of drug-likeness (QED) is 0.268. The van der Waals surface area contributed by atoms with E-state index in [1.165, 1.54) is 16.3 Å². The minimum Gasteiger partial charge on any atom is -0.449 e. The van der Waals surface area contributed by atoms with Crippen LogP contribution < -0.4 is 0 Å². The maximum absolute atomic E-state index is 13.2. The SMILES string of the molecule is Cc1cc(C)c(C2OC(=O)c3cc4ccccc4c(-c4cccc5ccccc45)c32)c(C)c1. The smallest absolute Gasteiger partial charge is 0.339 e. The molecule has 1 heterocycles. The molecule has 2 heteroatoms. The van der Waals surface area contributed by atoms with Gasteiger partial charge in [0, 0.05) is 11.1 Å². The average Bonchev–Trinajstić information content (AvgIpc) is 3.12. The molecule has 0 aromatic heterocycles. The van der Waals surface area contributed by atoms with Gasteiger partial charge >= 0.3 is 5.97 Å². The van der Waals surface area contributed by atoms with E-state index in [0.29, 0.717) is 5.56 Å². The largest absolute Gasteiger partial charge is 0.449 e. The first-order chi connectivity index (χ1) is 16.0. The zero-order valence-electron chi connectivity index (χ0n) is 19.0. The lowest BCUT2D eigenvalue weighted by Crippen LogP contribution is -2.07. The number of fused-ring (bicyclic) bond motifs is 3. The maximum Gasteiger partial charge on any atom is 0.339 e. The van der Waals surface area contributed by atoms with Crippen LogP contribution >= 0.6 is 0 Å². The molecular formula is C31H24O2. The Labute approximate surface area is 193 Å². The third kappa shape index (κ3) is 2.98. The van der Waals surface area contributed by atoms with E-state index in [1.54, 1.807) is 0 Å². The minimum absolute atomic E-state index is 0.249. The molecule has 0 N–H and O–H groups in total. The molecule has 33 heavy (non-hydrogen) atoms. The van der Waals surface area contributed by atoms with Gasteiger partial charge in [-0.2, -0.15) is 0 Å². The van der Waals surface area contributed by atoms with E-state index in [0.717, 1.165) is 44.2 Å². The third-order valence-electron chi connectivity index (χ3n) is 6.86. The van der Waals surface area contributed by atoms with Gasteiger partial charge in [-0.3, -0.25) is 0 Å². The van der Waals surface area contributed by atoms with E-state index in [1.807, 2.05) is 12.1 Å². The molecule has 5 aromatic carbocycles. The van der Waals surface area contributed by atoms with E-state index in [4.69, 9.17) is 4.74 Å². The molecular weight excluding hydrogens is 404 g/mol. The highest BCUT2D eigenvalue weighted by molar-refractivity contribution is 6.12. The van der Waals surface area contributed by atoms with Crippen LogP contribution in [0, 0.1) is 20.8 Å². The van der Waals surface area contributed by atoms with Gasteiger partial charge in [-0.1, -0.05) is 84.4 Å². The van der Waals surface area contributed by atoms with Crippen molar-refractivity contribution in [2.75, 3.05) is 0 Å². The summed E-state index contributed by atoms with van der Waals surface area (Å²) in [6.07, 6.45) is -0.424. The second-order valence-electron chi connectivity index (χ2n) is 9.06. The van der Waals surface area contributed by atoms with Gasteiger partial charge in [0.15, 0.2) is 6.10 Å². The number of carbonyl (C=O) groups excluding carboxylic acids is 1. The molecule has 1 atom stereocenters. The fraction of sp³-hybridized carbons (Fsp3) is 0.129. The summed E-state index contributed by atoms with van der Waals surface area (Å²) >= 11 is 0. The lowest BCUT2D eigenvalue weighted by atomic mass is 9.83. The minimum atomic E-state index is -0.424. The van der Waals surface area contributed by atoms with Gasteiger partial charge in [-0.25, -0.2) is 4.79 Å². The fourth-order valence-corrected chi connectivity index (χ4v) is 5.58. The molecule has 1 unspecified atom stereocenters. The number of hydrogen-bond acceptors (Lipinski definition) is 2. The first-order valence-corrected chi connectivity index (χ1v) is 11.4. The molecule has 0 saturated heterocycles. The monoisotopic (exact) mass is 428 g/mol. The van der Waals surface area contributed by atoms with E-state index in [2.05, 4.69) is 93.6 Å². The van der Waals surface area contributed by atoms with Crippen LogP contribution in [0.3, 0.4) is 0 Å². The Balaban J connectivity index is 1.76. The number of cyclic esters (lactones) is 1. The molecule has 0 spiro atoms. The Morgan fingerprint density at radius 3 is 2.03 bits per heavy atom. The van der Waals surface area contributed by atoms with Gasteiger partial charge in [0.2, 0.25) is 0 Å². The highest BCUT2D eigenvalue weighted by Crippen LogP contribution is 2.48. The number of aryl methyl sites for hydroxylation is 3. The van der Waals surface area contributed by atoms with Crippen molar-refractivity contribution in [1.29, 1.82) is 0 Å². The maximum atomic E-state index is 13.2. The van der Waals surface area contributed by atoms with E-state index in [9.17, 15) is 4.79 Å². The summed E-state index contributed by atoms with van der Waals surface area (Å²) < 4.78 is 6.13. The van der Waals surface area contributed by atoms with E-state index in [-0.39, 0.29) is 5.97 Å². The third-order valence-corrected chi connectivity index (χ3v) is 6.86. The lowest BCUT2D eigenvalue weighted by molar-refractivity contribution is 0.0455. The van der Waals surface area contributed by atoms with Crippen LogP contribution in [0.15, 0.2) is 84.9 Å². The van der Waals surface area contributed by atoms with Crippen molar-refractivity contribution >= 4 is 27.5 Å². The van der Waals surface area contributed by atoms with Gasteiger partial charge in [-0.05, 0) is 70.6 Å². The number of esters is 1. The summed E-state index contributed by atoms with van der Waals surface area (Å²) in [6.45, 7) is 6.33. The van der Waals surface area contributed by atoms with Crippen molar-refractivity contribution in [3.63, 3.8) is 0 Å². The Bertz CT molecular complexity index is 1560. The number of benzene rings is 5. The number of ether oxygens (including phenoxy) is 1. The van der Waals surface area contributed by atoms with Crippen molar-refractivity contribution in [3.05, 3.63) is 118 Å². The summed E-state index contributed by atoms with van der Waals surface area (Å²) in [5.41, 5.74) is 8.47. The first kappa shape index (κ1) is 19.8. The van der Waals surface area contributed by atoms with Gasteiger partial charge < -0.3 is 4.74 Å². The summed E-state index contributed by atoms with van der Waals surface area (Å²) in [5, 5.41) is 4.54. The molecule has 5 aromatic rings. The zero-order chi connectivity index (χ0) is 22.7. The second kappa shape index (κ2) is 7.31. The number of rotatable bonds is 2. The molecule has 0 radical (unpaired) electrons. The van der Waals surface area contributed by atoms with Crippen molar-refractivity contribution in [2.45, 2.75) is 26.9 Å². The predicted octanol–water partition coefficient (Wildman–Crippen LogP) is 7.85. The topological polar surface area (TPSA) is 26.3 Å². The Morgan fingerprint density at radius 2 is 1.27 bits per heavy atom. The van der Waals surface area contributed by atoms with Crippen molar-refractivity contribution in [2.24, 2.45) is 0 Å². The molecule has 160 valence electrons. The molecule has 0 amide bonds. The molecule has 0 saturated carbocycles. The molecule has 0 bridgehead atoms. The molecule has 0 fully saturated rings. The van der Waals surface area contributed by atoms with Crippen molar-refractivity contribution < 1.29 is 9.53 Å². The van der Waals surface area contributed by atoms with Gasteiger partial charge in [0.1, 0.15) is 0 Å². The van der Waals surface area contributed by atoms with Gasteiger partial charge in [0.25, 0.3) is 0 Å². The second-order valence-corrected chi connectivity index (χ2v) is 9.06. The van der Waals surface area contributed by atoms with Crippen LogP contribution in [0.2, 0.25) is 0 Å². The standard InChI is InChI=1S/C31H24O2/c1-18-15-19(2)27(20(3)16-18)30-29-26(31(32)33-30)17-22-10-5-7-13-24(22)28(29)25-14-8-11-21-9-4-6-12-23(21)25/h4-17,30H,1-3H3. The van der Waals surface area contributed by atoms with Crippen molar-refractivity contribution in [3.8, 4) is 11.1 Å². The van der Waals surface area contributed by atoms with Gasteiger partial charge in [-0.15, -0.1) is 0 Å². The van der Waals surface area contributed by atoms with Crippen LogP contribution in [0.4, 0.5) is 0 Å². The summed E-state index contributed by atoms with van der Waals surface area (Å²) in [7, 11) is 0. The van der Waals surface area contributed by atoms with Crippen LogP contribution in [0.25, 0.3) is 32.7 Å². The fourth-order valence-electron chi connectivity index (χ4n) is 5.58. The van der Waals surface area contributed by atoms with Crippen LogP contribution in [0.1, 0.15) is 44.3 Å². The van der Waals surface area contributed by atoms with E-state index >= 15 is 0 Å². The van der Waals surface area contributed by atoms with Crippen molar-refractivity contribution in [1.82, 2.24) is 0 Å². The molecule has 2 nitrogen and oxygen atoms in total. The van der Waals surface area contributed by atoms with Crippen LogP contribution in [-0.4, -0.2) is 5.97 Å². The molecule has 1 aliphatic rings. The Kier molecular flexibility index (Phi) is 4.38.